The van der Waals surface area contributed by atoms with Gasteiger partial charge in [-0.25, -0.2) is 4.79 Å². The predicted octanol–water partition coefficient (Wildman–Crippen LogP) is 0.493. The van der Waals surface area contributed by atoms with Crippen molar-refractivity contribution in [2.75, 3.05) is 24.3 Å². The number of carbonyl (C=O) groups is 2. The number of amides is 3. The number of carbonyl (C=O) groups excluding carboxylic acids is 2. The van der Waals surface area contributed by atoms with E-state index in [2.05, 4.69) is 16.0 Å². The van der Waals surface area contributed by atoms with Crippen LogP contribution in [-0.4, -0.2) is 37.7 Å². The van der Waals surface area contributed by atoms with Crippen LogP contribution < -0.4 is 21.7 Å². The maximum atomic E-state index is 12.0. The number of primary amides is 1. The summed E-state index contributed by atoms with van der Waals surface area (Å²) in [4.78, 5) is 22.7. The molecule has 1 heterocycles. The van der Waals surface area contributed by atoms with E-state index in [-0.39, 0.29) is 18.1 Å². The molecule has 1 aliphatic rings. The SMILES string of the molecule is COC1CNC(C(=O)Nc2ccc(NC(N)=O)cc2)C1. The molecular weight excluding hydrogens is 260 g/mol. The minimum atomic E-state index is -0.623. The second kappa shape index (κ2) is 6.36. The number of nitrogens with one attached hydrogen (secondary N) is 3. The first-order valence-corrected chi connectivity index (χ1v) is 6.32. The molecule has 3 amide bonds. The number of methoxy groups -OCH3 is 1. The molecule has 1 fully saturated rings. The summed E-state index contributed by atoms with van der Waals surface area (Å²) < 4.78 is 5.20. The molecule has 0 spiro atoms. The van der Waals surface area contributed by atoms with Crippen LogP contribution in [0.15, 0.2) is 24.3 Å². The molecule has 0 aliphatic carbocycles. The smallest absolute Gasteiger partial charge is 0.316 e. The number of anilines is 2. The maximum Gasteiger partial charge on any atom is 0.316 e. The predicted molar refractivity (Wildman–Crippen MR) is 75.5 cm³/mol. The highest BCUT2D eigenvalue weighted by Crippen LogP contribution is 2.15. The van der Waals surface area contributed by atoms with Crippen LogP contribution in [0.4, 0.5) is 16.2 Å². The molecular formula is C13H18N4O3. The van der Waals surface area contributed by atoms with Crippen molar-refractivity contribution in [1.82, 2.24) is 5.32 Å². The topological polar surface area (TPSA) is 105 Å². The highest BCUT2D eigenvalue weighted by molar-refractivity contribution is 5.95. The number of benzene rings is 1. The molecule has 0 bridgehead atoms. The van der Waals surface area contributed by atoms with Crippen LogP contribution in [0, 0.1) is 0 Å². The molecule has 108 valence electrons. The van der Waals surface area contributed by atoms with Crippen LogP contribution in [0.5, 0.6) is 0 Å². The van der Waals surface area contributed by atoms with E-state index in [9.17, 15) is 9.59 Å². The van der Waals surface area contributed by atoms with Gasteiger partial charge in [-0.1, -0.05) is 0 Å². The van der Waals surface area contributed by atoms with Gasteiger partial charge in [0, 0.05) is 25.0 Å². The van der Waals surface area contributed by atoms with Gasteiger partial charge >= 0.3 is 6.03 Å². The normalized spacial score (nSPS) is 21.4. The van der Waals surface area contributed by atoms with Gasteiger partial charge in [-0.15, -0.1) is 0 Å². The van der Waals surface area contributed by atoms with Gasteiger partial charge in [0.1, 0.15) is 0 Å². The molecule has 20 heavy (non-hydrogen) atoms. The van der Waals surface area contributed by atoms with Crippen LogP contribution in [0.1, 0.15) is 6.42 Å². The molecule has 2 atom stereocenters. The fourth-order valence-electron chi connectivity index (χ4n) is 2.09. The molecule has 0 aromatic heterocycles. The van der Waals surface area contributed by atoms with Gasteiger partial charge in [0.2, 0.25) is 5.91 Å². The van der Waals surface area contributed by atoms with E-state index in [1.165, 1.54) is 0 Å². The number of hydrogen-bond acceptors (Lipinski definition) is 4. The number of urea groups is 1. The van der Waals surface area contributed by atoms with Crippen LogP contribution in [0.3, 0.4) is 0 Å². The maximum absolute atomic E-state index is 12.0. The first kappa shape index (κ1) is 14.3. The monoisotopic (exact) mass is 278 g/mol. The fraction of sp³-hybridized carbons (Fsp3) is 0.385. The lowest BCUT2D eigenvalue weighted by Crippen LogP contribution is -2.35. The van der Waals surface area contributed by atoms with Gasteiger partial charge in [-0.3, -0.25) is 4.79 Å². The summed E-state index contributed by atoms with van der Waals surface area (Å²) in [6, 6.07) is 5.87. The Kier molecular flexibility index (Phi) is 4.54. The van der Waals surface area contributed by atoms with Gasteiger partial charge in [-0.2, -0.15) is 0 Å². The number of rotatable bonds is 4. The first-order chi connectivity index (χ1) is 9.58. The third-order valence-electron chi connectivity index (χ3n) is 3.16. The summed E-state index contributed by atoms with van der Waals surface area (Å²) in [6.07, 6.45) is 0.733. The van der Waals surface area contributed by atoms with E-state index < -0.39 is 6.03 Å². The largest absolute Gasteiger partial charge is 0.380 e. The lowest BCUT2D eigenvalue weighted by atomic mass is 10.2. The van der Waals surface area contributed by atoms with Crippen LogP contribution in [0.2, 0.25) is 0 Å². The lowest BCUT2D eigenvalue weighted by molar-refractivity contribution is -0.118. The minimum absolute atomic E-state index is 0.0768. The Morgan fingerprint density at radius 3 is 2.35 bits per heavy atom. The van der Waals surface area contributed by atoms with Crippen LogP contribution >= 0.6 is 0 Å². The van der Waals surface area contributed by atoms with Crippen molar-refractivity contribution in [2.45, 2.75) is 18.6 Å². The summed E-state index contributed by atoms with van der Waals surface area (Å²) >= 11 is 0. The Bertz CT molecular complexity index is 489. The summed E-state index contributed by atoms with van der Waals surface area (Å²) in [7, 11) is 1.64. The van der Waals surface area contributed by atoms with E-state index in [0.717, 1.165) is 0 Å². The molecule has 1 aromatic carbocycles. The van der Waals surface area contributed by atoms with Crippen molar-refractivity contribution >= 4 is 23.3 Å². The molecule has 1 saturated heterocycles. The van der Waals surface area contributed by atoms with Crippen molar-refractivity contribution in [3.63, 3.8) is 0 Å². The Hall–Kier alpha value is -2.12. The molecule has 1 aromatic rings. The minimum Gasteiger partial charge on any atom is -0.380 e. The van der Waals surface area contributed by atoms with E-state index in [4.69, 9.17) is 10.5 Å². The zero-order valence-electron chi connectivity index (χ0n) is 11.2. The first-order valence-electron chi connectivity index (χ1n) is 6.32. The average molecular weight is 278 g/mol. The summed E-state index contributed by atoms with van der Waals surface area (Å²) in [5.74, 6) is -0.0971. The van der Waals surface area contributed by atoms with Gasteiger partial charge in [0.15, 0.2) is 0 Å². The fourth-order valence-corrected chi connectivity index (χ4v) is 2.09. The molecule has 2 unspecified atom stereocenters. The third kappa shape index (κ3) is 3.69. The van der Waals surface area contributed by atoms with E-state index >= 15 is 0 Å². The Morgan fingerprint density at radius 2 is 1.85 bits per heavy atom. The van der Waals surface area contributed by atoms with E-state index in [0.29, 0.717) is 24.3 Å². The summed E-state index contributed by atoms with van der Waals surface area (Å²) in [6.45, 7) is 0.677. The Morgan fingerprint density at radius 1 is 1.25 bits per heavy atom. The van der Waals surface area contributed by atoms with Crippen molar-refractivity contribution in [3.8, 4) is 0 Å². The summed E-state index contributed by atoms with van der Waals surface area (Å²) in [5.41, 5.74) is 6.25. The van der Waals surface area contributed by atoms with Crippen LogP contribution in [-0.2, 0) is 9.53 Å². The molecule has 7 heteroatoms. The number of nitrogens with two attached hydrogens (primary N) is 1. The van der Waals surface area contributed by atoms with Gasteiger partial charge in [0.05, 0.1) is 12.1 Å². The highest BCUT2D eigenvalue weighted by Gasteiger charge is 2.29. The van der Waals surface area contributed by atoms with Gasteiger partial charge in [-0.05, 0) is 30.7 Å². The van der Waals surface area contributed by atoms with Crippen molar-refractivity contribution in [2.24, 2.45) is 5.73 Å². The zero-order chi connectivity index (χ0) is 14.5. The lowest BCUT2D eigenvalue weighted by Gasteiger charge is -2.11. The average Bonchev–Trinajstić information content (AvgIpc) is 2.89. The molecule has 2 rings (SSSR count). The Balaban J connectivity index is 1.90. The van der Waals surface area contributed by atoms with Crippen molar-refractivity contribution in [1.29, 1.82) is 0 Å². The van der Waals surface area contributed by atoms with Crippen molar-refractivity contribution in [3.05, 3.63) is 24.3 Å². The van der Waals surface area contributed by atoms with E-state index in [1.54, 1.807) is 31.4 Å². The highest BCUT2D eigenvalue weighted by atomic mass is 16.5. The quantitative estimate of drug-likeness (QED) is 0.643. The van der Waals surface area contributed by atoms with Crippen molar-refractivity contribution < 1.29 is 14.3 Å². The second-order valence-electron chi connectivity index (χ2n) is 4.61. The molecule has 0 radical (unpaired) electrons. The zero-order valence-corrected chi connectivity index (χ0v) is 11.2. The van der Waals surface area contributed by atoms with Crippen LogP contribution in [0.25, 0.3) is 0 Å². The second-order valence-corrected chi connectivity index (χ2v) is 4.61. The standard InChI is InChI=1S/C13H18N4O3/c1-20-10-6-11(15-7-10)12(18)16-8-2-4-9(5-3-8)17-13(14)19/h2-5,10-11,15H,6-7H2,1H3,(H,16,18)(H3,14,17,19). The van der Waals surface area contributed by atoms with Gasteiger partial charge < -0.3 is 26.4 Å². The molecule has 1 aliphatic heterocycles. The Labute approximate surface area is 116 Å². The summed E-state index contributed by atoms with van der Waals surface area (Å²) in [5, 5.41) is 8.36. The number of hydrogen-bond donors (Lipinski definition) is 4. The third-order valence-corrected chi connectivity index (χ3v) is 3.16. The molecule has 0 saturated carbocycles. The van der Waals surface area contributed by atoms with E-state index in [1.807, 2.05) is 0 Å². The number of ether oxygens (including phenoxy) is 1. The molecule has 7 nitrogen and oxygen atoms in total. The van der Waals surface area contributed by atoms with Gasteiger partial charge in [0.25, 0.3) is 0 Å². The molecule has 5 N–H and O–H groups in total.